The first-order chi connectivity index (χ1) is 20.0. The molecule has 6 rings (SSSR count). The van der Waals surface area contributed by atoms with Crippen molar-refractivity contribution in [3.8, 4) is 16.9 Å². The van der Waals surface area contributed by atoms with Crippen LogP contribution in [-0.4, -0.2) is 40.1 Å². The Labute approximate surface area is 245 Å². The van der Waals surface area contributed by atoms with Gasteiger partial charge in [-0.2, -0.15) is 5.10 Å². The number of hydrogen-bond donors (Lipinski definition) is 1. The molecule has 0 saturated carbocycles. The van der Waals surface area contributed by atoms with E-state index in [0.717, 1.165) is 74.9 Å². The Kier molecular flexibility index (Phi) is 7.73. The zero-order chi connectivity index (χ0) is 28.5. The Bertz CT molecular complexity index is 1750. The van der Waals surface area contributed by atoms with E-state index in [9.17, 15) is 4.79 Å². The largest absolute Gasteiger partial charge is 0.493 e. The lowest BCUT2D eigenvalue weighted by Crippen LogP contribution is -2.20. The lowest BCUT2D eigenvalue weighted by molar-refractivity contribution is 0.0512. The van der Waals surface area contributed by atoms with Crippen LogP contribution in [0.5, 0.6) is 5.75 Å². The van der Waals surface area contributed by atoms with Crippen LogP contribution >= 0.6 is 11.6 Å². The van der Waals surface area contributed by atoms with Crippen LogP contribution in [0.3, 0.4) is 0 Å². The van der Waals surface area contributed by atoms with Crippen LogP contribution in [-0.2, 0) is 31.3 Å². The van der Waals surface area contributed by atoms with Crippen molar-refractivity contribution in [1.29, 1.82) is 0 Å². The van der Waals surface area contributed by atoms with E-state index in [1.807, 2.05) is 49.0 Å². The summed E-state index contributed by atoms with van der Waals surface area (Å²) in [4.78, 5) is 13.6. The molecule has 0 bridgehead atoms. The SMILES string of the molecule is CCOC(=O)c1c(CCCOc2cccc3ccccc23)c2ccc(Cl)c3c2n1CCCNCc1nn(C)c(C)c1-3. The third-order valence-corrected chi connectivity index (χ3v) is 8.32. The van der Waals surface area contributed by atoms with Gasteiger partial charge in [0.05, 0.1) is 29.4 Å². The quantitative estimate of drug-likeness (QED) is 0.171. The van der Waals surface area contributed by atoms with Crippen molar-refractivity contribution < 1.29 is 14.3 Å². The number of halogens is 1. The normalized spacial score (nSPS) is 13.4. The fourth-order valence-corrected chi connectivity index (χ4v) is 6.33. The lowest BCUT2D eigenvalue weighted by Gasteiger charge is -2.17. The number of ether oxygens (including phenoxy) is 2. The van der Waals surface area contributed by atoms with Crippen molar-refractivity contribution in [3.63, 3.8) is 0 Å². The van der Waals surface area contributed by atoms with Crippen LogP contribution in [0.4, 0.5) is 0 Å². The lowest BCUT2D eigenvalue weighted by atomic mass is 9.98. The highest BCUT2D eigenvalue weighted by Crippen LogP contribution is 2.42. The molecular formula is C33H35ClN4O3. The number of nitrogens with one attached hydrogen (secondary N) is 1. The number of aryl methyl sites for hydroxylation is 3. The second kappa shape index (κ2) is 11.6. The molecule has 0 saturated heterocycles. The fraction of sp³-hybridized carbons (Fsp3) is 0.333. The Morgan fingerprint density at radius 2 is 1.90 bits per heavy atom. The molecule has 0 radical (unpaired) electrons. The molecule has 5 aromatic rings. The van der Waals surface area contributed by atoms with Crippen LogP contribution in [0.25, 0.3) is 32.8 Å². The van der Waals surface area contributed by atoms with Gasteiger partial charge >= 0.3 is 5.97 Å². The smallest absolute Gasteiger partial charge is 0.355 e. The molecule has 3 aromatic carbocycles. The summed E-state index contributed by atoms with van der Waals surface area (Å²) in [6, 6.07) is 18.4. The maximum absolute atomic E-state index is 13.6. The molecule has 0 atom stereocenters. The summed E-state index contributed by atoms with van der Waals surface area (Å²) in [7, 11) is 1.96. The highest BCUT2D eigenvalue weighted by atomic mass is 35.5. The highest BCUT2D eigenvalue weighted by Gasteiger charge is 2.29. The molecule has 212 valence electrons. The van der Waals surface area contributed by atoms with Crippen molar-refractivity contribution in [1.82, 2.24) is 19.7 Å². The Balaban J connectivity index is 1.44. The van der Waals surface area contributed by atoms with Gasteiger partial charge in [-0.25, -0.2) is 4.79 Å². The zero-order valence-electron chi connectivity index (χ0n) is 23.8. The summed E-state index contributed by atoms with van der Waals surface area (Å²) in [5, 5.41) is 12.3. The molecule has 0 fully saturated rings. The predicted octanol–water partition coefficient (Wildman–Crippen LogP) is 6.84. The summed E-state index contributed by atoms with van der Waals surface area (Å²) in [6.07, 6.45) is 2.26. The van der Waals surface area contributed by atoms with Gasteiger partial charge < -0.3 is 19.4 Å². The minimum Gasteiger partial charge on any atom is -0.493 e. The Hall–Kier alpha value is -3.81. The van der Waals surface area contributed by atoms with Crippen molar-refractivity contribution in [3.05, 3.63) is 82.3 Å². The van der Waals surface area contributed by atoms with Gasteiger partial charge in [0, 0.05) is 47.7 Å². The van der Waals surface area contributed by atoms with Gasteiger partial charge in [-0.15, -0.1) is 0 Å². The van der Waals surface area contributed by atoms with Crippen LogP contribution in [0.2, 0.25) is 5.02 Å². The van der Waals surface area contributed by atoms with Crippen LogP contribution in [0.15, 0.2) is 54.6 Å². The number of nitrogens with zero attached hydrogens (tertiary/aromatic N) is 3. The van der Waals surface area contributed by atoms with Crippen molar-refractivity contribution in [2.45, 2.75) is 46.2 Å². The Morgan fingerprint density at radius 1 is 1.07 bits per heavy atom. The maximum atomic E-state index is 13.6. The topological polar surface area (TPSA) is 70.3 Å². The van der Waals surface area contributed by atoms with Gasteiger partial charge in [-0.05, 0) is 62.7 Å². The third kappa shape index (κ3) is 4.98. The summed E-state index contributed by atoms with van der Waals surface area (Å²) < 4.78 is 15.9. The predicted molar refractivity (Wildman–Crippen MR) is 164 cm³/mol. The van der Waals surface area contributed by atoms with E-state index < -0.39 is 0 Å². The minimum atomic E-state index is -0.302. The first-order valence-electron chi connectivity index (χ1n) is 14.3. The molecular weight excluding hydrogens is 536 g/mol. The standard InChI is InChI=1S/C33H35ClN4O3/c1-4-40-33(39)32-24(13-8-19-41-28-14-7-11-22-10-5-6-12-23(22)28)25-15-16-26(34)30-29-21(2)37(3)36-27(29)20-35-17-9-18-38(32)31(25)30/h5-7,10-12,14-16,35H,4,8-9,13,17-20H2,1-3H3. The molecule has 0 spiro atoms. The van der Waals surface area contributed by atoms with Gasteiger partial charge in [-0.1, -0.05) is 54.1 Å². The number of fused-ring (bicyclic) bond motifs is 3. The van der Waals surface area contributed by atoms with Crippen LogP contribution in [0.1, 0.15) is 47.2 Å². The van der Waals surface area contributed by atoms with E-state index in [1.165, 1.54) is 0 Å². The second-order valence-electron chi connectivity index (χ2n) is 10.5. The molecule has 1 aliphatic rings. The first-order valence-corrected chi connectivity index (χ1v) is 14.7. The minimum absolute atomic E-state index is 0.302. The van der Waals surface area contributed by atoms with Gasteiger partial charge in [0.25, 0.3) is 0 Å². The molecule has 2 aromatic heterocycles. The molecule has 7 nitrogen and oxygen atoms in total. The number of hydrogen-bond acceptors (Lipinski definition) is 5. The van der Waals surface area contributed by atoms with Gasteiger partial charge in [0.15, 0.2) is 0 Å². The van der Waals surface area contributed by atoms with Gasteiger partial charge in [-0.3, -0.25) is 4.68 Å². The molecule has 0 unspecified atom stereocenters. The number of esters is 1. The number of rotatable bonds is 7. The number of carbonyl (C=O) groups is 1. The summed E-state index contributed by atoms with van der Waals surface area (Å²) in [5.41, 5.74) is 6.51. The van der Waals surface area contributed by atoms with Gasteiger partial charge in [0.1, 0.15) is 11.4 Å². The monoisotopic (exact) mass is 570 g/mol. The van der Waals surface area contributed by atoms with Gasteiger partial charge in [0.2, 0.25) is 0 Å². The maximum Gasteiger partial charge on any atom is 0.355 e. The van der Waals surface area contributed by atoms with Crippen molar-refractivity contribution >= 4 is 39.2 Å². The highest BCUT2D eigenvalue weighted by molar-refractivity contribution is 6.35. The van der Waals surface area contributed by atoms with Crippen molar-refractivity contribution in [2.75, 3.05) is 19.8 Å². The first kappa shape index (κ1) is 27.4. The fourth-order valence-electron chi connectivity index (χ4n) is 6.09. The molecule has 1 aliphatic heterocycles. The molecule has 0 amide bonds. The number of carbonyl (C=O) groups excluding carboxylic acids is 1. The molecule has 41 heavy (non-hydrogen) atoms. The van der Waals surface area contributed by atoms with E-state index in [-0.39, 0.29) is 5.97 Å². The summed E-state index contributed by atoms with van der Waals surface area (Å²) in [5.74, 6) is 0.569. The van der Waals surface area contributed by atoms with Crippen molar-refractivity contribution in [2.24, 2.45) is 7.05 Å². The summed E-state index contributed by atoms with van der Waals surface area (Å²) >= 11 is 6.98. The second-order valence-corrected chi connectivity index (χ2v) is 10.9. The summed E-state index contributed by atoms with van der Waals surface area (Å²) in [6.45, 7) is 6.89. The Morgan fingerprint density at radius 3 is 2.76 bits per heavy atom. The van der Waals surface area contributed by atoms with E-state index in [1.54, 1.807) is 0 Å². The van der Waals surface area contributed by atoms with E-state index in [4.69, 9.17) is 26.2 Å². The third-order valence-electron chi connectivity index (χ3n) is 8.01. The van der Waals surface area contributed by atoms with E-state index in [2.05, 4.69) is 41.1 Å². The molecule has 1 N–H and O–H groups in total. The molecule has 8 heteroatoms. The molecule has 0 aliphatic carbocycles. The van der Waals surface area contributed by atoms with E-state index >= 15 is 0 Å². The number of benzene rings is 3. The average Bonchev–Trinajstić information content (AvgIpc) is 3.44. The zero-order valence-corrected chi connectivity index (χ0v) is 24.6. The number of aromatic nitrogens is 3. The molecule has 3 heterocycles. The van der Waals surface area contributed by atoms with Crippen LogP contribution < -0.4 is 10.1 Å². The van der Waals surface area contributed by atoms with Crippen LogP contribution in [0, 0.1) is 6.92 Å². The van der Waals surface area contributed by atoms with E-state index in [0.29, 0.717) is 43.4 Å². The average molecular weight is 571 g/mol.